The normalized spacial score (nSPS) is 5.50. The molecule has 26 valence electrons. The van der Waals surface area contributed by atoms with Crippen molar-refractivity contribution in [3.8, 4) is 0 Å². The van der Waals surface area contributed by atoms with Crippen LogP contribution in [-0.2, 0) is 12.9 Å². The van der Waals surface area contributed by atoms with Gasteiger partial charge >= 0.3 is 33.2 Å². The zero-order valence-corrected chi connectivity index (χ0v) is 4.22. The molecule has 0 unspecified atom stereocenters. The fraction of sp³-hybridized carbons (Fsp3) is 0. The Morgan fingerprint density at radius 1 is 1.25 bits per heavy atom. The first-order valence-corrected chi connectivity index (χ1v) is 3.12. The minimum absolute atomic E-state index is 0. The van der Waals surface area contributed by atoms with E-state index >= 15 is 0 Å². The van der Waals surface area contributed by atoms with Crippen LogP contribution in [0.1, 0.15) is 0 Å². The van der Waals surface area contributed by atoms with Crippen molar-refractivity contribution in [1.29, 1.82) is 0 Å². The first-order chi connectivity index (χ1) is 1.41. The molecule has 0 amide bonds. The van der Waals surface area contributed by atoms with Crippen molar-refractivity contribution >= 4 is 28.7 Å². The molecule has 0 spiro atoms. The summed E-state index contributed by atoms with van der Waals surface area (Å²) in [7, 11) is 9.47. The van der Waals surface area contributed by atoms with E-state index in [4.69, 9.17) is 20.3 Å². The predicted molar refractivity (Wildman–Crippen MR) is 17.5 cm³/mol. The van der Waals surface area contributed by atoms with Crippen LogP contribution in [0.15, 0.2) is 0 Å². The summed E-state index contributed by atoms with van der Waals surface area (Å²) in [5.41, 5.74) is 0. The molecule has 3 radical (unpaired) electrons. The van der Waals surface area contributed by atoms with Gasteiger partial charge in [0.1, 0.15) is 0 Å². The summed E-state index contributed by atoms with van der Waals surface area (Å²) < 4.78 is 0. The average Bonchev–Trinajstić information content (AvgIpc) is 0.918. The van der Waals surface area contributed by atoms with Crippen molar-refractivity contribution < 1.29 is 12.9 Å². The molecule has 0 aromatic carbocycles. The van der Waals surface area contributed by atoms with Crippen molar-refractivity contribution in [3.05, 3.63) is 0 Å². The number of hydrogen-bond acceptors (Lipinski definition) is 0. The van der Waals surface area contributed by atoms with Crippen LogP contribution in [0.3, 0.4) is 0 Å². The third-order valence-electron chi connectivity index (χ3n) is 0. The van der Waals surface area contributed by atoms with Gasteiger partial charge in [-0.05, 0) is 0 Å². The molecule has 0 nitrogen and oxygen atoms in total. The molecular formula is BCl2Co. The van der Waals surface area contributed by atoms with Crippen molar-refractivity contribution in [2.24, 2.45) is 0 Å². The predicted octanol–water partition coefficient (Wildman–Crippen LogP) is 0.996. The summed E-state index contributed by atoms with van der Waals surface area (Å²) in [6.07, 6.45) is 0. The van der Waals surface area contributed by atoms with Crippen LogP contribution in [0.2, 0.25) is 0 Å². The molecule has 0 aliphatic heterocycles. The molecule has 0 aliphatic rings. The molecule has 0 aromatic rings. The number of hydrogen-bond donors (Lipinski definition) is 0. The topological polar surface area (TPSA) is 0 Å². The van der Waals surface area contributed by atoms with Crippen LogP contribution < -0.4 is 0 Å². The molecule has 4 heteroatoms. The molecule has 0 fully saturated rings. The van der Waals surface area contributed by atoms with Crippen LogP contribution in [0.4, 0.5) is 0 Å². The van der Waals surface area contributed by atoms with E-state index < -0.39 is 0 Å². The van der Waals surface area contributed by atoms with Crippen molar-refractivity contribution in [2.45, 2.75) is 0 Å². The molecule has 0 saturated carbocycles. The van der Waals surface area contributed by atoms with Gasteiger partial charge < -0.3 is 0 Å². The van der Waals surface area contributed by atoms with Crippen LogP contribution in [0, 0.1) is 0 Å². The van der Waals surface area contributed by atoms with Crippen LogP contribution in [-0.4, -0.2) is 8.41 Å². The molecule has 0 rings (SSSR count). The molecule has 0 aliphatic carbocycles. The minimum atomic E-state index is 0. The Hall–Kier alpha value is 1.15. The van der Waals surface area contributed by atoms with E-state index in [1.807, 2.05) is 0 Å². The Labute approximate surface area is 41.9 Å². The molecule has 4 heavy (non-hydrogen) atoms. The molecular weight excluding hydrogens is 141 g/mol. The number of rotatable bonds is 0. The van der Waals surface area contributed by atoms with Gasteiger partial charge in [-0.2, -0.15) is 0 Å². The summed E-state index contributed by atoms with van der Waals surface area (Å²) in [6.45, 7) is 0. The first kappa shape index (κ1) is 8.94. The van der Waals surface area contributed by atoms with Crippen molar-refractivity contribution in [2.75, 3.05) is 0 Å². The second-order valence-electron chi connectivity index (χ2n) is 0.0476. The van der Waals surface area contributed by atoms with Crippen molar-refractivity contribution in [1.82, 2.24) is 0 Å². The first-order valence-electron chi connectivity index (χ1n) is 0.252. The van der Waals surface area contributed by atoms with Gasteiger partial charge in [0.2, 0.25) is 0 Å². The summed E-state index contributed by atoms with van der Waals surface area (Å²) >= 11 is 0.382. The van der Waals surface area contributed by atoms with E-state index in [-0.39, 0.29) is 8.41 Å². The van der Waals surface area contributed by atoms with Gasteiger partial charge in [0, 0.05) is 8.41 Å². The Morgan fingerprint density at radius 2 is 1.25 bits per heavy atom. The maximum absolute atomic E-state index is 4.73. The zero-order chi connectivity index (χ0) is 2.71. The van der Waals surface area contributed by atoms with Gasteiger partial charge in [0.05, 0.1) is 0 Å². The van der Waals surface area contributed by atoms with E-state index in [9.17, 15) is 0 Å². The Balaban J connectivity index is 0. The third kappa shape index (κ3) is 11.0. The molecule has 0 aromatic heterocycles. The van der Waals surface area contributed by atoms with Crippen LogP contribution in [0.25, 0.3) is 0 Å². The monoisotopic (exact) mass is 140 g/mol. The average molecular weight is 141 g/mol. The molecule has 0 atom stereocenters. The van der Waals surface area contributed by atoms with Gasteiger partial charge in [-0.1, -0.05) is 0 Å². The Morgan fingerprint density at radius 3 is 1.25 bits per heavy atom. The second kappa shape index (κ2) is 8.91. The SMILES string of the molecule is [B].[Cl][Co][Cl]. The van der Waals surface area contributed by atoms with Crippen LogP contribution >= 0.6 is 20.3 Å². The van der Waals surface area contributed by atoms with E-state index in [0.717, 1.165) is 0 Å². The van der Waals surface area contributed by atoms with Gasteiger partial charge in [0.25, 0.3) is 0 Å². The summed E-state index contributed by atoms with van der Waals surface area (Å²) in [5, 5.41) is 0. The summed E-state index contributed by atoms with van der Waals surface area (Å²) in [6, 6.07) is 0. The fourth-order valence-corrected chi connectivity index (χ4v) is 0. The molecule has 0 saturated heterocycles. The van der Waals surface area contributed by atoms with Gasteiger partial charge in [-0.25, -0.2) is 0 Å². The fourth-order valence-electron chi connectivity index (χ4n) is 0. The third-order valence-corrected chi connectivity index (χ3v) is 0. The Kier molecular flexibility index (Phi) is 19.9. The van der Waals surface area contributed by atoms with Crippen LogP contribution in [0.5, 0.6) is 0 Å². The van der Waals surface area contributed by atoms with Gasteiger partial charge in [0.15, 0.2) is 0 Å². The van der Waals surface area contributed by atoms with Gasteiger partial charge in [-0.15, -0.1) is 0 Å². The molecule has 0 heterocycles. The van der Waals surface area contributed by atoms with Crippen molar-refractivity contribution in [3.63, 3.8) is 0 Å². The standard InChI is InChI=1S/B.2ClH.Co/h;2*1H;/q;;;+2/p-2. The quantitative estimate of drug-likeness (QED) is 0.441. The zero-order valence-electron chi connectivity index (χ0n) is 1.67. The molecule has 0 N–H and O–H groups in total. The van der Waals surface area contributed by atoms with E-state index in [1.165, 1.54) is 0 Å². The van der Waals surface area contributed by atoms with Gasteiger partial charge in [-0.3, -0.25) is 0 Å². The number of halogens is 2. The van der Waals surface area contributed by atoms with E-state index in [2.05, 4.69) is 0 Å². The Bertz CT molecular complexity index is 6.00. The summed E-state index contributed by atoms with van der Waals surface area (Å²) in [4.78, 5) is 0. The van der Waals surface area contributed by atoms with E-state index in [0.29, 0.717) is 12.9 Å². The second-order valence-corrected chi connectivity index (χ2v) is 1.77. The molecule has 0 bridgehead atoms. The maximum atomic E-state index is 4.73. The van der Waals surface area contributed by atoms with E-state index in [1.54, 1.807) is 0 Å². The summed E-state index contributed by atoms with van der Waals surface area (Å²) in [5.74, 6) is 0.